The number of carbonyl (C=O) groups is 4. The molecule has 4 aliphatic heterocycles. The molecule has 4 N–H and O–H groups in total. The van der Waals surface area contributed by atoms with E-state index in [1.807, 2.05) is 140 Å². The lowest BCUT2D eigenvalue weighted by Crippen LogP contribution is -2.46. The molecule has 0 bridgehead atoms. The summed E-state index contributed by atoms with van der Waals surface area (Å²) in [6, 6.07) is 49.5. The first-order valence-corrected chi connectivity index (χ1v) is 47.6. The third kappa shape index (κ3) is 19.0. The predicted molar refractivity (Wildman–Crippen MR) is 536 cm³/mol. The monoisotopic (exact) mass is 1920 g/mol. The van der Waals surface area contributed by atoms with Gasteiger partial charge in [-0.3, -0.25) is 19.6 Å². The van der Waals surface area contributed by atoms with Crippen LogP contribution < -0.4 is 4.74 Å². The van der Waals surface area contributed by atoms with Crippen molar-refractivity contribution in [2.24, 2.45) is 0 Å². The fourth-order valence-corrected chi connectivity index (χ4v) is 20.7. The van der Waals surface area contributed by atoms with E-state index in [9.17, 15) is 48.4 Å². The van der Waals surface area contributed by atoms with Gasteiger partial charge in [0.05, 0.1) is 58.2 Å². The van der Waals surface area contributed by atoms with Crippen LogP contribution in [-0.2, 0) is 18.9 Å². The molecule has 27 nitrogen and oxygen atoms in total. The number of furan rings is 4. The van der Waals surface area contributed by atoms with Gasteiger partial charge in [0.25, 0.3) is 0 Å². The first-order valence-electron chi connectivity index (χ1n) is 47.2. The van der Waals surface area contributed by atoms with E-state index in [2.05, 4.69) is 77.4 Å². The first-order chi connectivity index (χ1) is 67.6. The summed E-state index contributed by atoms with van der Waals surface area (Å²) < 4.78 is 80.3. The number of phenols is 4. The molecule has 4 aliphatic rings. The van der Waals surface area contributed by atoms with Crippen LogP contribution in [0.5, 0.6) is 28.7 Å². The second-order valence-electron chi connectivity index (χ2n) is 36.0. The SMILES string of the molecule is CCOC(=O)c1c(C)oc2c1c(C(c1ccc(OC)cc1)N1CCN(C)CC1)c(O)c1ccccc12.CCOC(=O)c1c(C)oc2c1c(C(c1cccc(F)c1)N1CCN(C)CC1)c(O)c1ccccc12.CCOC(=O)c1c(C)oc2c1c(C(c1ccnc(Cl)c1)N1CCN(C)CC1)c(O)c1ccccc12.COC(=O)c1c(C)oc2c1c(C(c1ccnc(F)c1)N1CCN(C)CC1)c(O)c1ccccc12. The van der Waals surface area contributed by atoms with Crippen molar-refractivity contribution < 1.29 is 89.7 Å². The van der Waals surface area contributed by atoms with Gasteiger partial charge in [0.15, 0.2) is 0 Å². The van der Waals surface area contributed by atoms with Gasteiger partial charge in [-0.2, -0.15) is 4.39 Å². The van der Waals surface area contributed by atoms with E-state index < -0.39 is 41.9 Å². The molecule has 0 aliphatic carbocycles. The summed E-state index contributed by atoms with van der Waals surface area (Å²) in [5, 5.41) is 55.1. The summed E-state index contributed by atoms with van der Waals surface area (Å²) >= 11 is 6.33. The van der Waals surface area contributed by atoms with Crippen molar-refractivity contribution in [1.82, 2.24) is 49.2 Å². The lowest BCUT2D eigenvalue weighted by molar-refractivity contribution is 0.0516. The summed E-state index contributed by atoms with van der Waals surface area (Å²) in [4.78, 5) is 78.4. The number of carbonyl (C=O) groups excluding carboxylic acids is 4. The molecule has 0 saturated carbocycles. The Kier molecular flexibility index (Phi) is 29.6. The van der Waals surface area contributed by atoms with E-state index >= 15 is 0 Å². The lowest BCUT2D eigenvalue weighted by Gasteiger charge is -2.39. The van der Waals surface area contributed by atoms with Crippen LogP contribution in [0.2, 0.25) is 5.15 Å². The highest BCUT2D eigenvalue weighted by molar-refractivity contribution is 6.29. The Balaban J connectivity index is 0.000000129. The Morgan fingerprint density at radius 2 is 0.643 bits per heavy atom. The molecular formula is C110H115ClF2N10O17. The van der Waals surface area contributed by atoms with Crippen LogP contribution in [0.15, 0.2) is 200 Å². The van der Waals surface area contributed by atoms with Crippen LogP contribution in [0.4, 0.5) is 8.78 Å². The number of nitrogens with zero attached hydrogens (tertiary/aromatic N) is 10. The Labute approximate surface area is 814 Å². The van der Waals surface area contributed by atoms with Crippen LogP contribution >= 0.6 is 11.6 Å². The molecule has 4 saturated heterocycles. The van der Waals surface area contributed by atoms with Crippen molar-refractivity contribution >= 4 is 122 Å². The number of likely N-dealkylation sites (N-methyl/N-ethyl adjacent to an activating group) is 4. The molecule has 10 aromatic carbocycles. The number of benzene rings is 10. The van der Waals surface area contributed by atoms with Crippen molar-refractivity contribution in [3.63, 3.8) is 0 Å². The number of hydrogen-bond acceptors (Lipinski definition) is 27. The number of aromatic hydroxyl groups is 4. The molecule has 4 atom stereocenters. The number of fused-ring (bicyclic) bond motifs is 12. The summed E-state index contributed by atoms with van der Waals surface area (Å²) in [7, 11) is 11.3. The number of ether oxygens (including phenoxy) is 5. The number of phenolic OH excluding ortho intramolecular Hbond substituents is 4. The van der Waals surface area contributed by atoms with Gasteiger partial charge < -0.3 is 81.4 Å². The van der Waals surface area contributed by atoms with E-state index in [4.69, 9.17) is 53.0 Å². The molecule has 0 amide bonds. The third-order valence-electron chi connectivity index (χ3n) is 27.4. The fourth-order valence-electron chi connectivity index (χ4n) is 20.5. The van der Waals surface area contributed by atoms with Gasteiger partial charge in [-0.15, -0.1) is 0 Å². The van der Waals surface area contributed by atoms with Gasteiger partial charge in [0.1, 0.15) is 107 Å². The maximum Gasteiger partial charge on any atom is 0.342 e. The third-order valence-corrected chi connectivity index (χ3v) is 27.6. The van der Waals surface area contributed by atoms with Crippen LogP contribution in [-0.4, -0.2) is 260 Å². The highest BCUT2D eigenvalue weighted by Gasteiger charge is 2.42. The van der Waals surface area contributed by atoms with Crippen LogP contribution in [0.25, 0.3) is 87.0 Å². The summed E-state index contributed by atoms with van der Waals surface area (Å²) in [5.41, 5.74) is 8.99. The van der Waals surface area contributed by atoms with Crippen LogP contribution in [0.3, 0.4) is 0 Å². The Morgan fingerprint density at radius 3 is 0.929 bits per heavy atom. The number of rotatable bonds is 20. The first kappa shape index (κ1) is 98.0. The molecule has 140 heavy (non-hydrogen) atoms. The average molecular weight is 1920 g/mol. The summed E-state index contributed by atoms with van der Waals surface area (Å²) in [6.45, 7) is 25.9. The number of pyridine rings is 2. The maximum atomic E-state index is 14.5. The Hall–Kier alpha value is -13.6. The number of aromatic nitrogens is 2. The van der Waals surface area contributed by atoms with Crippen molar-refractivity contribution in [3.8, 4) is 28.7 Å². The number of piperazine rings is 4. The van der Waals surface area contributed by atoms with Crippen LogP contribution in [0, 0.1) is 39.5 Å². The van der Waals surface area contributed by atoms with E-state index in [-0.39, 0.29) is 66.3 Å². The number of aryl methyl sites for hydroxylation is 4. The van der Waals surface area contributed by atoms with Gasteiger partial charge in [0, 0.05) is 204 Å². The zero-order chi connectivity index (χ0) is 98.8. The molecule has 6 aromatic heterocycles. The van der Waals surface area contributed by atoms with Crippen molar-refractivity contribution in [2.45, 2.75) is 72.6 Å². The Bertz CT molecular complexity index is 7120. The smallest absolute Gasteiger partial charge is 0.342 e. The van der Waals surface area contributed by atoms with E-state index in [1.165, 1.54) is 31.5 Å². The number of halogens is 3. The predicted octanol–water partition coefficient (Wildman–Crippen LogP) is 19.8. The fraction of sp³-hybridized carbons (Fsp3) is 0.327. The topological polar surface area (TPSA) is 300 Å². The number of esters is 4. The molecule has 0 radical (unpaired) electrons. The maximum absolute atomic E-state index is 14.5. The molecule has 0 spiro atoms. The largest absolute Gasteiger partial charge is 0.507 e. The van der Waals surface area contributed by atoms with Crippen molar-refractivity contribution in [1.29, 1.82) is 0 Å². The number of hydrogen-bond donors (Lipinski definition) is 4. The molecule has 4 fully saturated rings. The minimum absolute atomic E-state index is 0.0372. The second-order valence-corrected chi connectivity index (χ2v) is 36.3. The standard InChI is InChI=1S/C29H32N2O5.C28H29FN2O4.C27H28ClN3O4.C26H26FN3O4/c1-5-35-29(33)23-18(2)36-28-22-9-7-6-8-21(22)27(32)25(24(23)28)26(31-16-14-30(3)15-17-31)19-10-12-20(34-4)13-11-19;1-4-34-28(33)22-17(2)35-27-21-11-6-5-10-20(21)26(32)24(23(22)27)25(18-8-7-9-19(29)16-18)31-14-12-30(3)13-15-31;1-4-34-27(33)21-16(2)35-26-19-8-6-5-7-18(19)25(32)23(22(21)26)24(17-9-10-29-20(28)15-17)31-13-11-30(3)12-14-31;1-15-20(26(32)33-3)21-22(24(31)17-6-4-5-7-18(17)25(21)34-15)23(16-8-9-28-19(27)14-16)30-12-10-29(2)11-13-30/h6-13,26,32H,5,14-17H2,1-4H3;5-11,16,25,32H,4,12-15H2,1-3H3;5-10,15,24,32H,4,11-14H2,1-3H3;4-9,14,23,31H,10-13H2,1-3H3. The van der Waals surface area contributed by atoms with E-state index in [0.717, 1.165) is 119 Å². The minimum atomic E-state index is -0.607. The minimum Gasteiger partial charge on any atom is -0.507 e. The van der Waals surface area contributed by atoms with Gasteiger partial charge in [-0.05, 0) is 147 Å². The Morgan fingerprint density at radius 1 is 0.357 bits per heavy atom. The van der Waals surface area contributed by atoms with Crippen LogP contribution in [0.1, 0.15) is 154 Å². The van der Waals surface area contributed by atoms with Gasteiger partial charge in [-0.25, -0.2) is 33.5 Å². The highest BCUT2D eigenvalue weighted by atomic mass is 35.5. The normalized spacial score (nSPS) is 16.1. The van der Waals surface area contributed by atoms with Gasteiger partial charge in [0.2, 0.25) is 5.95 Å². The summed E-state index contributed by atoms with van der Waals surface area (Å²) in [6.07, 6.45) is 3.09. The zero-order valence-electron chi connectivity index (χ0n) is 80.8. The summed E-state index contributed by atoms with van der Waals surface area (Å²) in [5.74, 6) is -0.0333. The molecule has 728 valence electrons. The van der Waals surface area contributed by atoms with Gasteiger partial charge >= 0.3 is 23.9 Å². The quantitative estimate of drug-likeness (QED) is 0.0313. The van der Waals surface area contributed by atoms with E-state index in [0.29, 0.717) is 168 Å². The molecule has 30 heteroatoms. The lowest BCUT2D eigenvalue weighted by atomic mass is 9.88. The van der Waals surface area contributed by atoms with Crippen molar-refractivity contribution in [3.05, 3.63) is 289 Å². The molecule has 20 rings (SSSR count). The van der Waals surface area contributed by atoms with E-state index in [1.54, 1.807) is 73.9 Å². The van der Waals surface area contributed by atoms with Crippen molar-refractivity contribution in [2.75, 3.05) is 167 Å². The molecular weight excluding hydrogens is 1810 g/mol. The molecule has 10 heterocycles. The zero-order valence-corrected chi connectivity index (χ0v) is 81.5. The molecule has 4 unspecified atom stereocenters. The number of methoxy groups -OCH3 is 2. The second kappa shape index (κ2) is 42.2. The average Bonchev–Trinajstić information content (AvgIpc) is 1.54. The van der Waals surface area contributed by atoms with Gasteiger partial charge in [-0.1, -0.05) is 133 Å². The highest BCUT2D eigenvalue weighted by Crippen LogP contribution is 2.54. The molecule has 16 aromatic rings.